The van der Waals surface area contributed by atoms with Crippen LogP contribution in [0.4, 0.5) is 0 Å². The van der Waals surface area contributed by atoms with Crippen molar-refractivity contribution in [2.75, 3.05) is 13.2 Å². The molecule has 2 atom stereocenters. The molecule has 0 saturated carbocycles. The van der Waals surface area contributed by atoms with Gasteiger partial charge in [0.2, 0.25) is 10.0 Å². The summed E-state index contributed by atoms with van der Waals surface area (Å²) in [7, 11) is -3.62. The summed E-state index contributed by atoms with van der Waals surface area (Å²) in [5.74, 6) is 0. The number of benzene rings is 1. The van der Waals surface area contributed by atoms with Crippen molar-refractivity contribution in [2.45, 2.75) is 30.3 Å². The molecule has 0 radical (unpaired) electrons. The lowest BCUT2D eigenvalue weighted by atomic mass is 10.1. The number of hydrogen-bond donors (Lipinski definition) is 3. The minimum Gasteiger partial charge on any atom is -0.395 e. The number of nitrogens with one attached hydrogen (secondary N) is 2. The van der Waals surface area contributed by atoms with Gasteiger partial charge < -0.3 is 10.4 Å². The van der Waals surface area contributed by atoms with E-state index in [0.717, 1.165) is 10.9 Å². The summed E-state index contributed by atoms with van der Waals surface area (Å²) in [6.45, 7) is 2.39. The Balaban J connectivity index is 1.96. The van der Waals surface area contributed by atoms with Crippen LogP contribution in [0.25, 0.3) is 10.8 Å². The third-order valence-electron chi connectivity index (χ3n) is 3.99. The van der Waals surface area contributed by atoms with Gasteiger partial charge in [-0.15, -0.1) is 0 Å². The van der Waals surface area contributed by atoms with Crippen molar-refractivity contribution in [1.82, 2.24) is 15.0 Å². The number of aliphatic hydroxyl groups excluding tert-OH is 1. The number of fused-ring (bicyclic) bond motifs is 1. The van der Waals surface area contributed by atoms with E-state index in [9.17, 15) is 8.42 Å². The molecule has 3 rings (SSSR count). The molecule has 7 heteroatoms. The highest BCUT2D eigenvalue weighted by molar-refractivity contribution is 7.89. The standard InChI is InChI=1S/C15H19N3O3S/c1-10-6-16-7-11-3-2-4-14(15(10)11)22(20,21)18-12-5-13(9-19)17-8-12/h2-4,6-7,12-13,17-19H,5,8-9H2,1H3/t12-,13+/m1/s1. The maximum absolute atomic E-state index is 12.7. The Morgan fingerprint density at radius 2 is 2.23 bits per heavy atom. The largest absolute Gasteiger partial charge is 0.395 e. The normalized spacial score (nSPS) is 22.3. The number of aliphatic hydroxyl groups is 1. The molecule has 1 saturated heterocycles. The second-order valence-corrected chi connectivity index (χ2v) is 7.33. The number of hydrogen-bond acceptors (Lipinski definition) is 5. The lowest BCUT2D eigenvalue weighted by molar-refractivity contribution is 0.254. The van der Waals surface area contributed by atoms with Gasteiger partial charge in [0.05, 0.1) is 11.5 Å². The van der Waals surface area contributed by atoms with Gasteiger partial charge in [-0.05, 0) is 25.0 Å². The summed E-state index contributed by atoms with van der Waals surface area (Å²) in [4.78, 5) is 4.38. The molecule has 0 bridgehead atoms. The summed E-state index contributed by atoms with van der Waals surface area (Å²) in [6, 6.07) is 4.93. The average Bonchev–Trinajstić information content (AvgIpc) is 2.94. The minimum absolute atomic E-state index is 0.0112. The Kier molecular flexibility index (Phi) is 4.14. The molecule has 3 N–H and O–H groups in total. The van der Waals surface area contributed by atoms with E-state index in [-0.39, 0.29) is 23.6 Å². The monoisotopic (exact) mass is 321 g/mol. The highest BCUT2D eigenvalue weighted by Gasteiger charge is 2.28. The van der Waals surface area contributed by atoms with Crippen molar-refractivity contribution in [3.05, 3.63) is 36.2 Å². The van der Waals surface area contributed by atoms with Crippen molar-refractivity contribution in [3.8, 4) is 0 Å². The summed E-state index contributed by atoms with van der Waals surface area (Å²) < 4.78 is 28.2. The van der Waals surface area contributed by atoms with E-state index in [1.54, 1.807) is 24.5 Å². The third-order valence-corrected chi connectivity index (χ3v) is 5.55. The fourth-order valence-corrected chi connectivity index (χ4v) is 4.48. The maximum Gasteiger partial charge on any atom is 0.241 e. The molecule has 1 aromatic heterocycles. The van der Waals surface area contributed by atoms with Crippen LogP contribution in [0.3, 0.4) is 0 Å². The second-order valence-electron chi connectivity index (χ2n) is 5.65. The number of aromatic nitrogens is 1. The molecular weight excluding hydrogens is 302 g/mol. The van der Waals surface area contributed by atoms with Crippen molar-refractivity contribution in [1.29, 1.82) is 0 Å². The summed E-state index contributed by atoms with van der Waals surface area (Å²) >= 11 is 0. The van der Waals surface area contributed by atoms with Gasteiger partial charge in [0.15, 0.2) is 0 Å². The number of aryl methyl sites for hydroxylation is 1. The molecule has 0 unspecified atom stereocenters. The van der Waals surface area contributed by atoms with Gasteiger partial charge in [-0.2, -0.15) is 0 Å². The molecule has 0 amide bonds. The first-order chi connectivity index (χ1) is 10.5. The fourth-order valence-electron chi connectivity index (χ4n) is 2.93. The summed E-state index contributed by atoms with van der Waals surface area (Å²) in [5.41, 5.74) is 0.830. The smallest absolute Gasteiger partial charge is 0.241 e. The number of nitrogens with zero attached hydrogens (tertiary/aromatic N) is 1. The molecule has 6 nitrogen and oxygen atoms in total. The van der Waals surface area contributed by atoms with Crippen molar-refractivity contribution in [3.63, 3.8) is 0 Å². The van der Waals surface area contributed by atoms with E-state index in [1.807, 2.05) is 13.0 Å². The van der Waals surface area contributed by atoms with E-state index >= 15 is 0 Å². The van der Waals surface area contributed by atoms with E-state index in [1.165, 1.54) is 0 Å². The number of pyridine rings is 1. The van der Waals surface area contributed by atoms with Crippen LogP contribution in [-0.4, -0.2) is 43.7 Å². The van der Waals surface area contributed by atoms with Crippen LogP contribution in [0.5, 0.6) is 0 Å². The van der Waals surface area contributed by atoms with E-state index in [2.05, 4.69) is 15.0 Å². The Labute approximate surface area is 129 Å². The lowest BCUT2D eigenvalue weighted by Crippen LogP contribution is -2.36. The van der Waals surface area contributed by atoms with Crippen molar-refractivity contribution >= 4 is 20.8 Å². The van der Waals surface area contributed by atoms with Gasteiger partial charge in [-0.25, -0.2) is 13.1 Å². The fraction of sp³-hybridized carbons (Fsp3) is 0.400. The number of sulfonamides is 1. The molecule has 1 aromatic carbocycles. The van der Waals surface area contributed by atoms with E-state index < -0.39 is 10.0 Å². The zero-order chi connectivity index (χ0) is 15.7. The Hall–Kier alpha value is -1.54. The van der Waals surface area contributed by atoms with Crippen LogP contribution in [-0.2, 0) is 10.0 Å². The first-order valence-corrected chi connectivity index (χ1v) is 8.69. The Morgan fingerprint density at radius 1 is 1.41 bits per heavy atom. The number of rotatable bonds is 4. The van der Waals surface area contributed by atoms with Gasteiger partial charge in [-0.3, -0.25) is 4.98 Å². The Bertz CT molecular complexity index is 786. The zero-order valence-electron chi connectivity index (χ0n) is 12.3. The third kappa shape index (κ3) is 2.85. The predicted octanol–water partition coefficient (Wildman–Crippen LogP) is 0.544. The Morgan fingerprint density at radius 3 is 2.95 bits per heavy atom. The molecular formula is C15H19N3O3S. The van der Waals surface area contributed by atoms with Crippen molar-refractivity contribution < 1.29 is 13.5 Å². The molecule has 0 aliphatic carbocycles. The van der Waals surface area contributed by atoms with Gasteiger partial charge in [0, 0.05) is 41.8 Å². The van der Waals surface area contributed by atoms with Crippen LogP contribution in [0.2, 0.25) is 0 Å². The van der Waals surface area contributed by atoms with Crippen molar-refractivity contribution in [2.24, 2.45) is 0 Å². The summed E-state index contributed by atoms with van der Waals surface area (Å²) in [5, 5.41) is 13.7. The first-order valence-electron chi connectivity index (χ1n) is 7.21. The molecule has 22 heavy (non-hydrogen) atoms. The van der Waals surface area contributed by atoms with Gasteiger partial charge >= 0.3 is 0 Å². The zero-order valence-corrected chi connectivity index (χ0v) is 13.1. The van der Waals surface area contributed by atoms with E-state index in [4.69, 9.17) is 5.11 Å². The topological polar surface area (TPSA) is 91.3 Å². The predicted molar refractivity (Wildman–Crippen MR) is 84.1 cm³/mol. The molecule has 1 aliphatic heterocycles. The molecule has 1 fully saturated rings. The van der Waals surface area contributed by atoms with Gasteiger partial charge in [-0.1, -0.05) is 12.1 Å². The molecule has 1 aliphatic rings. The summed E-state index contributed by atoms with van der Waals surface area (Å²) in [6.07, 6.45) is 3.92. The van der Waals surface area contributed by atoms with Crippen LogP contribution < -0.4 is 10.0 Å². The van der Waals surface area contributed by atoms with Gasteiger partial charge in [0.1, 0.15) is 0 Å². The molecule has 2 aromatic rings. The lowest BCUT2D eigenvalue weighted by Gasteiger charge is -2.15. The molecule has 2 heterocycles. The minimum atomic E-state index is -3.62. The van der Waals surface area contributed by atoms with Crippen LogP contribution in [0.1, 0.15) is 12.0 Å². The highest BCUT2D eigenvalue weighted by Crippen LogP contribution is 2.25. The van der Waals surface area contributed by atoms with Crippen LogP contribution >= 0.6 is 0 Å². The van der Waals surface area contributed by atoms with Gasteiger partial charge in [0.25, 0.3) is 0 Å². The van der Waals surface area contributed by atoms with E-state index in [0.29, 0.717) is 18.4 Å². The SMILES string of the molecule is Cc1cncc2cccc(S(=O)(=O)N[C@H]3CN[C@H](CO)C3)c12. The molecule has 0 spiro atoms. The highest BCUT2D eigenvalue weighted by atomic mass is 32.2. The first kappa shape index (κ1) is 15.4. The second kappa shape index (κ2) is 5.92. The van der Waals surface area contributed by atoms with Crippen LogP contribution in [0, 0.1) is 6.92 Å². The maximum atomic E-state index is 12.7. The van der Waals surface area contributed by atoms with Crippen LogP contribution in [0.15, 0.2) is 35.5 Å². The quantitative estimate of drug-likeness (QED) is 0.765. The molecule has 118 valence electrons. The average molecular weight is 321 g/mol.